The first kappa shape index (κ1) is 13.9. The zero-order chi connectivity index (χ0) is 15.3. The van der Waals surface area contributed by atoms with Gasteiger partial charge in [0.25, 0.3) is 5.56 Å². The second-order valence-electron chi connectivity index (χ2n) is 6.52. The number of likely N-dealkylation sites (tertiary alicyclic amines) is 1. The van der Waals surface area contributed by atoms with Gasteiger partial charge in [-0.3, -0.25) is 4.79 Å². The molecule has 0 aliphatic carbocycles. The fraction of sp³-hybridized carbons (Fsp3) is 0.471. The minimum atomic E-state index is -0.192. The average Bonchev–Trinajstić information content (AvgIpc) is 2.89. The lowest BCUT2D eigenvalue weighted by Gasteiger charge is -2.32. The molecule has 0 amide bonds. The molecule has 5 heteroatoms. The van der Waals surface area contributed by atoms with Crippen molar-refractivity contribution in [3.8, 4) is 0 Å². The normalized spacial score (nSPS) is 22.5. The van der Waals surface area contributed by atoms with E-state index >= 15 is 0 Å². The average molecular weight is 301 g/mol. The van der Waals surface area contributed by atoms with E-state index in [0.29, 0.717) is 18.2 Å². The lowest BCUT2D eigenvalue weighted by atomic mass is 9.97. The third-order valence-corrected chi connectivity index (χ3v) is 5.06. The van der Waals surface area contributed by atoms with Crippen LogP contribution in [0.25, 0.3) is 10.9 Å². The molecule has 3 heterocycles. The molecule has 4 rings (SSSR count). The van der Waals surface area contributed by atoms with Gasteiger partial charge < -0.3 is 15.2 Å². The molecule has 2 N–H and O–H groups in total. The third-order valence-electron chi connectivity index (χ3n) is 5.06. The molecular weight excluding hydrogens is 281 g/mol. The Morgan fingerprint density at radius 3 is 2.68 bits per heavy atom. The van der Waals surface area contributed by atoms with Gasteiger partial charge in [0.2, 0.25) is 0 Å². The van der Waals surface area contributed by atoms with Crippen molar-refractivity contribution in [3.63, 3.8) is 0 Å². The van der Waals surface area contributed by atoms with Crippen molar-refractivity contribution < 1.29 is 4.39 Å². The smallest absolute Gasteiger partial charge is 0.251 e. The molecule has 0 saturated carbocycles. The van der Waals surface area contributed by atoms with Crippen LogP contribution in [0.3, 0.4) is 0 Å². The maximum Gasteiger partial charge on any atom is 0.251 e. The van der Waals surface area contributed by atoms with Gasteiger partial charge in [0.1, 0.15) is 5.82 Å². The van der Waals surface area contributed by atoms with Crippen LogP contribution in [0.2, 0.25) is 0 Å². The van der Waals surface area contributed by atoms with E-state index in [0.717, 1.165) is 43.4 Å². The molecule has 1 aromatic carbocycles. The lowest BCUT2D eigenvalue weighted by Crippen LogP contribution is -2.41. The minimum Gasteiger partial charge on any atom is -0.328 e. The zero-order valence-corrected chi connectivity index (χ0v) is 12.5. The maximum absolute atomic E-state index is 14.4. The summed E-state index contributed by atoms with van der Waals surface area (Å²) in [6.07, 6.45) is 1.98. The van der Waals surface area contributed by atoms with Crippen molar-refractivity contribution in [2.24, 2.45) is 5.73 Å². The molecular formula is C17H20FN3O. The number of halogens is 1. The van der Waals surface area contributed by atoms with Crippen molar-refractivity contribution in [3.05, 3.63) is 46.0 Å². The van der Waals surface area contributed by atoms with E-state index in [2.05, 4.69) is 4.90 Å². The van der Waals surface area contributed by atoms with Crippen LogP contribution in [0.4, 0.5) is 4.39 Å². The Kier molecular flexibility index (Phi) is 3.27. The van der Waals surface area contributed by atoms with Gasteiger partial charge in [0.15, 0.2) is 0 Å². The molecule has 1 aromatic heterocycles. The Morgan fingerprint density at radius 2 is 1.91 bits per heavy atom. The van der Waals surface area contributed by atoms with Gasteiger partial charge in [-0.05, 0) is 49.5 Å². The maximum atomic E-state index is 14.4. The van der Waals surface area contributed by atoms with Crippen LogP contribution >= 0.6 is 0 Å². The summed E-state index contributed by atoms with van der Waals surface area (Å²) in [6, 6.07) is 6.94. The summed E-state index contributed by atoms with van der Waals surface area (Å²) in [5.41, 5.74) is 7.41. The van der Waals surface area contributed by atoms with Crippen LogP contribution in [0.1, 0.15) is 24.3 Å². The summed E-state index contributed by atoms with van der Waals surface area (Å²) >= 11 is 0. The molecule has 1 fully saturated rings. The second-order valence-corrected chi connectivity index (χ2v) is 6.52. The number of piperidine rings is 1. The largest absolute Gasteiger partial charge is 0.328 e. The predicted molar refractivity (Wildman–Crippen MR) is 84.6 cm³/mol. The molecule has 2 aliphatic rings. The Bertz CT molecular complexity index is 777. The van der Waals surface area contributed by atoms with Crippen LogP contribution in [0, 0.1) is 5.82 Å². The molecule has 0 bridgehead atoms. The molecule has 0 spiro atoms. The molecule has 2 aromatic rings. The summed E-state index contributed by atoms with van der Waals surface area (Å²) in [6.45, 7) is 3.29. The SMILES string of the molecule is NC1CCN(C[C@@H]2Cn3c(=O)ccc4ccc(F)c2c43)CC1. The van der Waals surface area contributed by atoms with Crippen molar-refractivity contribution in [1.29, 1.82) is 0 Å². The third kappa shape index (κ3) is 2.16. The van der Waals surface area contributed by atoms with Crippen molar-refractivity contribution in [1.82, 2.24) is 9.47 Å². The van der Waals surface area contributed by atoms with Crippen LogP contribution in [0.15, 0.2) is 29.1 Å². The molecule has 4 nitrogen and oxygen atoms in total. The number of nitrogens with two attached hydrogens (primary N) is 1. The molecule has 22 heavy (non-hydrogen) atoms. The van der Waals surface area contributed by atoms with E-state index in [1.54, 1.807) is 22.8 Å². The summed E-state index contributed by atoms with van der Waals surface area (Å²) < 4.78 is 16.1. The highest BCUT2D eigenvalue weighted by atomic mass is 19.1. The molecule has 0 radical (unpaired) electrons. The van der Waals surface area contributed by atoms with Crippen LogP contribution in [-0.2, 0) is 6.54 Å². The second kappa shape index (κ2) is 5.18. The van der Waals surface area contributed by atoms with Gasteiger partial charge in [-0.2, -0.15) is 0 Å². The minimum absolute atomic E-state index is 0.0393. The van der Waals surface area contributed by atoms with Gasteiger partial charge in [-0.15, -0.1) is 0 Å². The van der Waals surface area contributed by atoms with Gasteiger partial charge in [-0.25, -0.2) is 4.39 Å². The Morgan fingerprint density at radius 1 is 1.18 bits per heavy atom. The topological polar surface area (TPSA) is 51.3 Å². The fourth-order valence-corrected chi connectivity index (χ4v) is 3.87. The van der Waals surface area contributed by atoms with Gasteiger partial charge >= 0.3 is 0 Å². The summed E-state index contributed by atoms with van der Waals surface area (Å²) in [5, 5.41) is 0.944. The van der Waals surface area contributed by atoms with Crippen LogP contribution in [-0.4, -0.2) is 35.1 Å². The molecule has 0 unspecified atom stereocenters. The Hall–Kier alpha value is -1.72. The van der Waals surface area contributed by atoms with E-state index in [4.69, 9.17) is 5.73 Å². The van der Waals surface area contributed by atoms with Crippen molar-refractivity contribution in [2.45, 2.75) is 31.3 Å². The summed E-state index contributed by atoms with van der Waals surface area (Å²) in [5.74, 6) is -0.142. The standard InChI is InChI=1S/C17H20FN3O/c18-14-3-1-11-2-4-15(22)21-10-12(16(14)17(11)21)9-20-7-5-13(19)6-8-20/h1-4,12-13H,5-10,19H2/t12-/m1/s1. The highest BCUT2D eigenvalue weighted by Gasteiger charge is 2.30. The Labute approximate surface area is 128 Å². The first-order valence-corrected chi connectivity index (χ1v) is 7.93. The highest BCUT2D eigenvalue weighted by molar-refractivity contribution is 5.84. The van der Waals surface area contributed by atoms with Gasteiger partial charge in [0.05, 0.1) is 5.52 Å². The highest BCUT2D eigenvalue weighted by Crippen LogP contribution is 2.35. The van der Waals surface area contributed by atoms with E-state index < -0.39 is 0 Å². The fourth-order valence-electron chi connectivity index (χ4n) is 3.87. The van der Waals surface area contributed by atoms with E-state index in [1.807, 2.05) is 0 Å². The van der Waals surface area contributed by atoms with Gasteiger partial charge in [0, 0.05) is 36.7 Å². The van der Waals surface area contributed by atoms with Crippen LogP contribution in [0.5, 0.6) is 0 Å². The first-order chi connectivity index (χ1) is 10.6. The number of benzene rings is 1. The number of hydrogen-bond acceptors (Lipinski definition) is 3. The van der Waals surface area contributed by atoms with E-state index in [-0.39, 0.29) is 17.3 Å². The predicted octanol–water partition coefficient (Wildman–Crippen LogP) is 1.66. The lowest BCUT2D eigenvalue weighted by molar-refractivity contribution is 0.198. The zero-order valence-electron chi connectivity index (χ0n) is 12.5. The quantitative estimate of drug-likeness (QED) is 0.918. The van der Waals surface area contributed by atoms with Crippen molar-refractivity contribution >= 4 is 10.9 Å². The molecule has 2 aliphatic heterocycles. The molecule has 116 valence electrons. The number of nitrogens with zero attached hydrogens (tertiary/aromatic N) is 2. The van der Waals surface area contributed by atoms with Crippen LogP contribution < -0.4 is 11.3 Å². The summed E-state index contributed by atoms with van der Waals surface area (Å²) in [4.78, 5) is 14.5. The Balaban J connectivity index is 1.70. The molecule has 1 atom stereocenters. The van der Waals surface area contributed by atoms with E-state index in [1.165, 1.54) is 6.07 Å². The van der Waals surface area contributed by atoms with E-state index in [9.17, 15) is 9.18 Å². The summed E-state index contributed by atoms with van der Waals surface area (Å²) in [7, 11) is 0. The van der Waals surface area contributed by atoms with Crippen molar-refractivity contribution in [2.75, 3.05) is 19.6 Å². The first-order valence-electron chi connectivity index (χ1n) is 7.93. The van der Waals surface area contributed by atoms with Gasteiger partial charge in [-0.1, -0.05) is 0 Å². The molecule has 1 saturated heterocycles. The number of hydrogen-bond donors (Lipinski definition) is 1. The number of aromatic nitrogens is 1. The number of rotatable bonds is 2. The number of pyridine rings is 1. The monoisotopic (exact) mass is 301 g/mol.